The van der Waals surface area contributed by atoms with Gasteiger partial charge in [-0.15, -0.1) is 5.10 Å². The number of pyridine rings is 1. The first-order valence-electron chi connectivity index (χ1n) is 10.5. The molecule has 0 aliphatic heterocycles. The molecule has 1 atom stereocenters. The van der Waals surface area contributed by atoms with Crippen LogP contribution >= 0.6 is 0 Å². The second-order valence-electron chi connectivity index (χ2n) is 9.32. The fourth-order valence-corrected chi connectivity index (χ4v) is 3.47. The van der Waals surface area contributed by atoms with Crippen molar-refractivity contribution in [2.24, 2.45) is 5.41 Å². The quantitative estimate of drug-likeness (QED) is 0.561. The minimum Gasteiger partial charge on any atom is -0.494 e. The van der Waals surface area contributed by atoms with E-state index >= 15 is 0 Å². The Bertz CT molecular complexity index is 1170. The van der Waals surface area contributed by atoms with Gasteiger partial charge in [-0.05, 0) is 37.3 Å². The maximum atomic E-state index is 13.1. The van der Waals surface area contributed by atoms with Crippen LogP contribution in [0.5, 0.6) is 5.88 Å². The number of nitrogens with one attached hydrogen (secondary N) is 2. The van der Waals surface area contributed by atoms with E-state index in [0.717, 1.165) is 18.5 Å². The number of aromatic nitrogens is 4. The zero-order valence-electron chi connectivity index (χ0n) is 18.2. The van der Waals surface area contributed by atoms with Crippen molar-refractivity contribution in [1.82, 2.24) is 24.5 Å². The maximum absolute atomic E-state index is 13.1. The van der Waals surface area contributed by atoms with E-state index in [1.165, 1.54) is 4.52 Å². The van der Waals surface area contributed by atoms with Crippen LogP contribution in [0.25, 0.3) is 5.65 Å². The zero-order chi connectivity index (χ0) is 22.3. The van der Waals surface area contributed by atoms with E-state index in [1.54, 1.807) is 16.8 Å². The van der Waals surface area contributed by atoms with Crippen molar-refractivity contribution in [3.05, 3.63) is 52.1 Å². The molecule has 0 bridgehead atoms. The van der Waals surface area contributed by atoms with Gasteiger partial charge in [0.2, 0.25) is 5.88 Å². The molecule has 0 spiro atoms. The third kappa shape index (κ3) is 4.40. The number of nitrogens with zero attached hydrogens (tertiary/aromatic N) is 4. The zero-order valence-corrected chi connectivity index (χ0v) is 18.2. The van der Waals surface area contributed by atoms with Crippen LogP contribution in [-0.2, 0) is 6.54 Å². The Labute approximate surface area is 180 Å². The van der Waals surface area contributed by atoms with Crippen molar-refractivity contribution in [3.8, 4) is 5.88 Å². The van der Waals surface area contributed by atoms with Gasteiger partial charge in [-0.3, -0.25) is 19.1 Å². The van der Waals surface area contributed by atoms with Gasteiger partial charge in [0.1, 0.15) is 5.65 Å². The lowest BCUT2D eigenvalue weighted by molar-refractivity contribution is 0.0944. The summed E-state index contributed by atoms with van der Waals surface area (Å²) < 4.78 is 2.76. The summed E-state index contributed by atoms with van der Waals surface area (Å²) >= 11 is 0. The lowest BCUT2D eigenvalue weighted by Crippen LogP contribution is -2.35. The summed E-state index contributed by atoms with van der Waals surface area (Å²) in [5.41, 5.74) is 0.106. The van der Waals surface area contributed by atoms with Crippen LogP contribution in [0.15, 0.2) is 35.3 Å². The normalized spacial score (nSPS) is 15.1. The molecule has 0 radical (unpaired) electrons. The van der Waals surface area contributed by atoms with Gasteiger partial charge >= 0.3 is 0 Å². The standard InChI is InChI=1S/C22H28N6O3/c1-13(15-7-5-6-10-23-15)24-16-11-17-27(12-22(2,3)4)20(30)18(21(31)28(17)26-16)19(29)25-14-8-9-14/h5-7,10-11,13-14,30H,8-9,12H2,1-4H3,(H,24,26)(H,25,29)/t13-/m0/s1. The monoisotopic (exact) mass is 424 g/mol. The summed E-state index contributed by atoms with van der Waals surface area (Å²) in [6, 6.07) is 7.26. The molecule has 0 unspecified atom stereocenters. The molecular formula is C22H28N6O3. The van der Waals surface area contributed by atoms with Crippen LogP contribution in [0.4, 0.5) is 5.82 Å². The van der Waals surface area contributed by atoms with Gasteiger partial charge in [0.15, 0.2) is 11.4 Å². The predicted octanol–water partition coefficient (Wildman–Crippen LogP) is 2.71. The minimum atomic E-state index is -0.644. The van der Waals surface area contributed by atoms with Crippen molar-refractivity contribution in [1.29, 1.82) is 0 Å². The third-order valence-corrected chi connectivity index (χ3v) is 5.12. The van der Waals surface area contributed by atoms with E-state index in [9.17, 15) is 14.7 Å². The molecule has 0 aromatic carbocycles. The average molecular weight is 425 g/mol. The highest BCUT2D eigenvalue weighted by molar-refractivity contribution is 5.96. The van der Waals surface area contributed by atoms with Crippen molar-refractivity contribution in [2.45, 2.75) is 59.2 Å². The predicted molar refractivity (Wildman–Crippen MR) is 117 cm³/mol. The molecule has 1 fully saturated rings. The Kier molecular flexibility index (Phi) is 5.20. The van der Waals surface area contributed by atoms with Crippen molar-refractivity contribution >= 4 is 17.4 Å². The second-order valence-corrected chi connectivity index (χ2v) is 9.32. The first-order valence-corrected chi connectivity index (χ1v) is 10.5. The van der Waals surface area contributed by atoms with Gasteiger partial charge in [-0.25, -0.2) is 0 Å². The first-order chi connectivity index (χ1) is 14.6. The van der Waals surface area contributed by atoms with Crippen LogP contribution < -0.4 is 16.2 Å². The molecule has 3 aromatic rings. The number of carbonyl (C=O) groups is 1. The average Bonchev–Trinajstić information content (AvgIpc) is 3.41. The van der Waals surface area contributed by atoms with Crippen LogP contribution in [0.2, 0.25) is 0 Å². The third-order valence-electron chi connectivity index (χ3n) is 5.12. The van der Waals surface area contributed by atoms with E-state index in [0.29, 0.717) is 18.0 Å². The number of fused-ring (bicyclic) bond motifs is 1. The fourth-order valence-electron chi connectivity index (χ4n) is 3.47. The summed E-state index contributed by atoms with van der Waals surface area (Å²) in [5.74, 6) is -0.451. The largest absolute Gasteiger partial charge is 0.494 e. The maximum Gasteiger partial charge on any atom is 0.291 e. The molecule has 0 saturated heterocycles. The molecule has 3 heterocycles. The van der Waals surface area contributed by atoms with Crippen LogP contribution in [0.1, 0.15) is 62.6 Å². The molecule has 1 saturated carbocycles. The molecule has 3 N–H and O–H groups in total. The highest BCUT2D eigenvalue weighted by atomic mass is 16.3. The van der Waals surface area contributed by atoms with E-state index in [-0.39, 0.29) is 28.9 Å². The van der Waals surface area contributed by atoms with Gasteiger partial charge in [-0.2, -0.15) is 4.52 Å². The van der Waals surface area contributed by atoms with E-state index in [4.69, 9.17) is 0 Å². The van der Waals surface area contributed by atoms with Crippen molar-refractivity contribution in [2.75, 3.05) is 5.32 Å². The van der Waals surface area contributed by atoms with E-state index in [2.05, 4.69) is 20.7 Å². The molecule has 4 rings (SSSR count). The van der Waals surface area contributed by atoms with Crippen LogP contribution in [0, 0.1) is 5.41 Å². The number of hydrogen-bond donors (Lipinski definition) is 3. The molecule has 1 aliphatic rings. The van der Waals surface area contributed by atoms with Gasteiger partial charge in [0.05, 0.1) is 11.7 Å². The summed E-state index contributed by atoms with van der Waals surface area (Å²) in [5, 5.41) is 21.4. The Hall–Kier alpha value is -3.36. The summed E-state index contributed by atoms with van der Waals surface area (Å²) in [6.45, 7) is 8.39. The molecular weight excluding hydrogens is 396 g/mol. The van der Waals surface area contributed by atoms with Gasteiger partial charge < -0.3 is 15.7 Å². The number of rotatable bonds is 6. The highest BCUT2D eigenvalue weighted by Crippen LogP contribution is 2.27. The van der Waals surface area contributed by atoms with E-state index in [1.807, 2.05) is 45.9 Å². The van der Waals surface area contributed by atoms with Gasteiger partial charge in [-0.1, -0.05) is 26.8 Å². The molecule has 1 aliphatic carbocycles. The Morgan fingerprint density at radius 2 is 2.06 bits per heavy atom. The number of hydrogen-bond acceptors (Lipinski definition) is 6. The highest BCUT2D eigenvalue weighted by Gasteiger charge is 2.30. The lowest BCUT2D eigenvalue weighted by Gasteiger charge is -2.23. The molecule has 3 aromatic heterocycles. The Morgan fingerprint density at radius 3 is 2.68 bits per heavy atom. The number of amides is 1. The van der Waals surface area contributed by atoms with Crippen molar-refractivity contribution < 1.29 is 9.90 Å². The van der Waals surface area contributed by atoms with Gasteiger partial charge in [0, 0.05) is 24.8 Å². The van der Waals surface area contributed by atoms with Crippen molar-refractivity contribution in [3.63, 3.8) is 0 Å². The van der Waals surface area contributed by atoms with Crippen LogP contribution in [0.3, 0.4) is 0 Å². The SMILES string of the molecule is C[C@H](Nc1cc2n(CC(C)(C)C)c(O)c(C(=O)NC3CC3)c(=O)n2n1)c1ccccn1. The lowest BCUT2D eigenvalue weighted by atomic mass is 9.96. The summed E-state index contributed by atoms with van der Waals surface area (Å²) in [6.07, 6.45) is 3.48. The summed E-state index contributed by atoms with van der Waals surface area (Å²) in [7, 11) is 0. The number of carbonyl (C=O) groups excluding carboxylic acids is 1. The smallest absolute Gasteiger partial charge is 0.291 e. The fraction of sp³-hybridized carbons (Fsp3) is 0.455. The minimum absolute atomic E-state index is 0.0622. The number of anilines is 1. The molecule has 1 amide bonds. The molecule has 9 nitrogen and oxygen atoms in total. The topological polar surface area (TPSA) is 114 Å². The Morgan fingerprint density at radius 1 is 1.32 bits per heavy atom. The first kappa shape index (κ1) is 20.9. The second kappa shape index (κ2) is 7.72. The van der Waals surface area contributed by atoms with Crippen LogP contribution in [-0.4, -0.2) is 36.2 Å². The molecule has 9 heteroatoms. The van der Waals surface area contributed by atoms with E-state index < -0.39 is 11.5 Å². The number of aromatic hydroxyl groups is 1. The molecule has 164 valence electrons. The van der Waals surface area contributed by atoms with Gasteiger partial charge in [0.25, 0.3) is 11.5 Å². The molecule has 31 heavy (non-hydrogen) atoms. The summed E-state index contributed by atoms with van der Waals surface area (Å²) in [4.78, 5) is 30.2. The Balaban J connectivity index is 1.79.